The lowest BCUT2D eigenvalue weighted by molar-refractivity contribution is 0.554. The van der Waals surface area contributed by atoms with Crippen molar-refractivity contribution in [2.24, 2.45) is 0 Å². The molecule has 0 aliphatic rings. The molecule has 0 atom stereocenters. The number of pyridine rings is 1. The monoisotopic (exact) mass is 344 g/mol. The van der Waals surface area contributed by atoms with Crippen LogP contribution >= 0.6 is 0 Å². The molecule has 0 saturated carbocycles. The lowest BCUT2D eigenvalue weighted by atomic mass is 10.3. The summed E-state index contributed by atoms with van der Waals surface area (Å²) in [6, 6.07) is 7.53. The van der Waals surface area contributed by atoms with Gasteiger partial charge in [0.1, 0.15) is 0 Å². The van der Waals surface area contributed by atoms with Crippen LogP contribution in [0.5, 0.6) is 0 Å². The van der Waals surface area contributed by atoms with Crippen LogP contribution < -0.4 is 10.5 Å². The van der Waals surface area contributed by atoms with Gasteiger partial charge in [0.25, 0.3) is 10.0 Å². The SMILES string of the molecule is Cc1cn2cccc(NS(=O)(=O)c3ccc4[nH]c(=O)oc4c3)c2n1. The van der Waals surface area contributed by atoms with Crippen LogP contribution in [-0.2, 0) is 10.0 Å². The van der Waals surface area contributed by atoms with E-state index in [9.17, 15) is 13.2 Å². The van der Waals surface area contributed by atoms with Crippen molar-refractivity contribution >= 4 is 32.5 Å². The van der Waals surface area contributed by atoms with Crippen LogP contribution in [0.25, 0.3) is 16.7 Å². The Balaban J connectivity index is 1.79. The minimum Gasteiger partial charge on any atom is -0.408 e. The number of H-pyrrole nitrogens is 1. The van der Waals surface area contributed by atoms with Gasteiger partial charge in [-0.15, -0.1) is 0 Å². The van der Waals surface area contributed by atoms with E-state index in [1.54, 1.807) is 28.9 Å². The van der Waals surface area contributed by atoms with E-state index in [0.717, 1.165) is 5.69 Å². The third-order valence-corrected chi connectivity index (χ3v) is 4.91. The van der Waals surface area contributed by atoms with Gasteiger partial charge in [0.2, 0.25) is 0 Å². The zero-order valence-corrected chi connectivity index (χ0v) is 13.3. The predicted octanol–water partition coefficient (Wildman–Crippen LogP) is 1.88. The molecule has 0 aliphatic heterocycles. The largest absolute Gasteiger partial charge is 0.417 e. The van der Waals surface area contributed by atoms with Gasteiger partial charge in [-0.05, 0) is 31.2 Å². The molecular formula is C15H12N4O4S. The molecule has 24 heavy (non-hydrogen) atoms. The minimum atomic E-state index is -3.86. The summed E-state index contributed by atoms with van der Waals surface area (Å²) in [4.78, 5) is 18.0. The number of oxazole rings is 1. The molecule has 9 heteroatoms. The summed E-state index contributed by atoms with van der Waals surface area (Å²) < 4.78 is 34.4. The summed E-state index contributed by atoms with van der Waals surface area (Å²) in [6.45, 7) is 1.83. The molecule has 3 heterocycles. The summed E-state index contributed by atoms with van der Waals surface area (Å²) in [6.07, 6.45) is 3.58. The van der Waals surface area contributed by atoms with Crippen LogP contribution in [0.4, 0.5) is 5.69 Å². The van der Waals surface area contributed by atoms with E-state index < -0.39 is 15.8 Å². The van der Waals surface area contributed by atoms with Crippen molar-refractivity contribution in [3.05, 3.63) is 59.0 Å². The highest BCUT2D eigenvalue weighted by atomic mass is 32.2. The van der Waals surface area contributed by atoms with E-state index in [-0.39, 0.29) is 10.5 Å². The third-order valence-electron chi connectivity index (χ3n) is 3.55. The van der Waals surface area contributed by atoms with Gasteiger partial charge >= 0.3 is 5.76 Å². The van der Waals surface area contributed by atoms with E-state index >= 15 is 0 Å². The van der Waals surface area contributed by atoms with E-state index in [2.05, 4.69) is 14.7 Å². The highest BCUT2D eigenvalue weighted by molar-refractivity contribution is 7.92. The van der Waals surface area contributed by atoms with Crippen LogP contribution in [0.1, 0.15) is 5.69 Å². The molecule has 0 aliphatic carbocycles. The fourth-order valence-electron chi connectivity index (χ4n) is 2.51. The Hall–Kier alpha value is -3.07. The number of aromatic amines is 1. The number of nitrogens with zero attached hydrogens (tertiary/aromatic N) is 2. The number of rotatable bonds is 3. The van der Waals surface area contributed by atoms with Gasteiger partial charge in [0.15, 0.2) is 11.2 Å². The van der Waals surface area contributed by atoms with Gasteiger partial charge in [-0.25, -0.2) is 18.2 Å². The van der Waals surface area contributed by atoms with Crippen LogP contribution in [0.2, 0.25) is 0 Å². The zero-order valence-electron chi connectivity index (χ0n) is 12.5. The molecular weight excluding hydrogens is 332 g/mol. The second-order valence-corrected chi connectivity index (χ2v) is 7.00. The van der Waals surface area contributed by atoms with Gasteiger partial charge in [0, 0.05) is 18.5 Å². The number of benzene rings is 1. The standard InChI is InChI=1S/C15H12N4O4S/c1-9-8-19-6-2-3-12(14(19)16-9)18-24(21,22)10-4-5-11-13(7-10)23-15(20)17-11/h2-8,18H,1H3,(H,17,20). The molecule has 0 fully saturated rings. The highest BCUT2D eigenvalue weighted by Gasteiger charge is 2.18. The molecule has 8 nitrogen and oxygen atoms in total. The smallest absolute Gasteiger partial charge is 0.408 e. The maximum Gasteiger partial charge on any atom is 0.417 e. The number of aryl methyl sites for hydroxylation is 1. The molecule has 4 aromatic rings. The Morgan fingerprint density at radius 3 is 2.96 bits per heavy atom. The number of aromatic nitrogens is 3. The number of imidazole rings is 1. The fraction of sp³-hybridized carbons (Fsp3) is 0.0667. The molecule has 0 bridgehead atoms. The van der Waals surface area contributed by atoms with E-state index in [0.29, 0.717) is 16.9 Å². The van der Waals surface area contributed by atoms with Gasteiger partial charge in [-0.2, -0.15) is 0 Å². The second-order valence-electron chi connectivity index (χ2n) is 5.31. The molecule has 0 spiro atoms. The summed E-state index contributed by atoms with van der Waals surface area (Å²) in [5, 5.41) is 0. The van der Waals surface area contributed by atoms with Crippen molar-refractivity contribution in [1.29, 1.82) is 0 Å². The number of hydrogen-bond donors (Lipinski definition) is 2. The Bertz CT molecular complexity index is 1230. The first-order valence-corrected chi connectivity index (χ1v) is 8.51. The van der Waals surface area contributed by atoms with Crippen LogP contribution in [0.3, 0.4) is 0 Å². The molecule has 4 rings (SSSR count). The predicted molar refractivity (Wildman–Crippen MR) is 87.6 cm³/mol. The van der Waals surface area contributed by atoms with E-state index in [4.69, 9.17) is 4.42 Å². The third kappa shape index (κ3) is 2.35. The summed E-state index contributed by atoms with van der Waals surface area (Å²) in [5.41, 5.74) is 2.26. The Kier molecular flexibility index (Phi) is 3.00. The minimum absolute atomic E-state index is 0.0111. The van der Waals surface area contributed by atoms with Crippen molar-refractivity contribution < 1.29 is 12.8 Å². The molecule has 3 aromatic heterocycles. The van der Waals surface area contributed by atoms with E-state index in [1.165, 1.54) is 18.2 Å². The molecule has 0 radical (unpaired) electrons. The first kappa shape index (κ1) is 14.5. The molecule has 0 saturated heterocycles. The molecule has 0 unspecified atom stereocenters. The molecule has 122 valence electrons. The second kappa shape index (κ2) is 4.96. The lowest BCUT2D eigenvalue weighted by Gasteiger charge is -2.08. The average Bonchev–Trinajstić information content (AvgIpc) is 3.07. The highest BCUT2D eigenvalue weighted by Crippen LogP contribution is 2.22. The van der Waals surface area contributed by atoms with E-state index in [1.807, 2.05) is 6.92 Å². The maximum absolute atomic E-state index is 12.6. The number of fused-ring (bicyclic) bond motifs is 2. The number of hydrogen-bond acceptors (Lipinski definition) is 5. The van der Waals surface area contributed by atoms with Crippen molar-refractivity contribution in [2.75, 3.05) is 4.72 Å². The number of nitrogens with one attached hydrogen (secondary N) is 2. The van der Waals surface area contributed by atoms with Crippen molar-refractivity contribution in [3.8, 4) is 0 Å². The van der Waals surface area contributed by atoms with Crippen molar-refractivity contribution in [3.63, 3.8) is 0 Å². The number of anilines is 1. The Morgan fingerprint density at radius 1 is 1.29 bits per heavy atom. The van der Waals surface area contributed by atoms with Crippen molar-refractivity contribution in [1.82, 2.24) is 14.4 Å². The molecule has 0 amide bonds. The van der Waals surface area contributed by atoms with Gasteiger partial charge in [0.05, 0.1) is 21.8 Å². The van der Waals surface area contributed by atoms with Crippen LogP contribution in [-0.4, -0.2) is 22.8 Å². The Morgan fingerprint density at radius 2 is 2.12 bits per heavy atom. The molecule has 2 N–H and O–H groups in total. The van der Waals surface area contributed by atoms with Crippen molar-refractivity contribution in [2.45, 2.75) is 11.8 Å². The average molecular weight is 344 g/mol. The lowest BCUT2D eigenvalue weighted by Crippen LogP contribution is -2.13. The number of sulfonamides is 1. The van der Waals surface area contributed by atoms with Gasteiger partial charge in [-0.3, -0.25) is 9.71 Å². The maximum atomic E-state index is 12.6. The first-order chi connectivity index (χ1) is 11.4. The first-order valence-electron chi connectivity index (χ1n) is 7.02. The topological polar surface area (TPSA) is 109 Å². The summed E-state index contributed by atoms with van der Waals surface area (Å²) in [7, 11) is -3.86. The van der Waals surface area contributed by atoms with Crippen LogP contribution in [0.15, 0.2) is 56.8 Å². The van der Waals surface area contributed by atoms with Gasteiger partial charge in [-0.1, -0.05) is 0 Å². The quantitative estimate of drug-likeness (QED) is 0.590. The Labute approximate surface area is 135 Å². The fourth-order valence-corrected chi connectivity index (χ4v) is 3.59. The van der Waals surface area contributed by atoms with Gasteiger partial charge < -0.3 is 8.82 Å². The zero-order chi connectivity index (χ0) is 16.9. The summed E-state index contributed by atoms with van der Waals surface area (Å²) in [5.74, 6) is -0.634. The summed E-state index contributed by atoms with van der Waals surface area (Å²) >= 11 is 0. The normalized spacial score (nSPS) is 12.0. The van der Waals surface area contributed by atoms with Crippen LogP contribution in [0, 0.1) is 6.92 Å². The molecule has 1 aromatic carbocycles.